The van der Waals surface area contributed by atoms with Crippen molar-refractivity contribution in [3.8, 4) is 0 Å². The highest BCUT2D eigenvalue weighted by molar-refractivity contribution is 8.00. The van der Waals surface area contributed by atoms with Gasteiger partial charge in [0.2, 0.25) is 29.5 Å². The first kappa shape index (κ1) is 43.2. The summed E-state index contributed by atoms with van der Waals surface area (Å²) in [4.78, 5) is 74.9. The van der Waals surface area contributed by atoms with Crippen molar-refractivity contribution < 1.29 is 52.8 Å². The summed E-state index contributed by atoms with van der Waals surface area (Å²) < 4.78 is 21.6. The van der Waals surface area contributed by atoms with Gasteiger partial charge in [-0.05, 0) is 47.0 Å². The second-order valence-corrected chi connectivity index (χ2v) is 14.0. The van der Waals surface area contributed by atoms with E-state index in [4.69, 9.17) is 18.9 Å². The number of aliphatic hydroxyl groups is 1. The summed E-state index contributed by atoms with van der Waals surface area (Å²) in [7, 11) is 2.98. The quantitative estimate of drug-likeness (QED) is 0.0457. The standard InChI is InChI=1S/C32H56N4O11S/c1-8-22(20-37)47-29(44-7)21-45-28(42)11-9-10-24(38)34-14-17-48-23-18-27(41)36(30(23)43)15-12-25(39)35-31(2,3)13-16-46-32(4,5)19-26(40)33-6/h22-23,29,37H,8-21H2,1-7H3,(H,33,40)(H,34,38)(H,35,39). The van der Waals surface area contributed by atoms with E-state index in [9.17, 15) is 33.9 Å². The maximum Gasteiger partial charge on any atom is 0.305 e. The summed E-state index contributed by atoms with van der Waals surface area (Å²) >= 11 is 1.27. The molecule has 1 aliphatic heterocycles. The summed E-state index contributed by atoms with van der Waals surface area (Å²) in [5.74, 6) is -1.45. The van der Waals surface area contributed by atoms with Gasteiger partial charge in [0.25, 0.3) is 0 Å². The number of hydrogen-bond acceptors (Lipinski definition) is 12. The number of thioether (sulfide) groups is 1. The number of esters is 1. The van der Waals surface area contributed by atoms with Crippen molar-refractivity contribution in [2.75, 3.05) is 52.8 Å². The number of nitrogens with zero attached hydrogens (tertiary/aromatic N) is 1. The van der Waals surface area contributed by atoms with Crippen LogP contribution in [0.2, 0.25) is 0 Å². The minimum absolute atomic E-state index is 0.0213. The van der Waals surface area contributed by atoms with E-state index in [2.05, 4.69) is 16.0 Å². The number of methoxy groups -OCH3 is 1. The molecule has 0 aliphatic carbocycles. The molecular formula is C32H56N4O11S. The van der Waals surface area contributed by atoms with Gasteiger partial charge < -0.3 is 40.0 Å². The van der Waals surface area contributed by atoms with Crippen LogP contribution in [0.25, 0.3) is 0 Å². The van der Waals surface area contributed by atoms with Crippen LogP contribution >= 0.6 is 11.8 Å². The predicted octanol–water partition coefficient (Wildman–Crippen LogP) is 1.04. The molecule has 3 unspecified atom stereocenters. The van der Waals surface area contributed by atoms with Gasteiger partial charge in [0.15, 0.2) is 6.29 Å². The number of likely N-dealkylation sites (tertiary alicyclic amines) is 1. The maximum absolute atomic E-state index is 12.8. The lowest BCUT2D eigenvalue weighted by Gasteiger charge is -2.30. The Labute approximate surface area is 288 Å². The topological polar surface area (TPSA) is 199 Å². The fraction of sp³-hybridized carbons (Fsp3) is 0.812. The Kier molecular flexibility index (Phi) is 19.8. The van der Waals surface area contributed by atoms with E-state index in [0.29, 0.717) is 25.2 Å². The van der Waals surface area contributed by atoms with Gasteiger partial charge in [-0.15, -0.1) is 11.8 Å². The van der Waals surface area contributed by atoms with Crippen molar-refractivity contribution >= 4 is 47.3 Å². The van der Waals surface area contributed by atoms with E-state index >= 15 is 0 Å². The third kappa shape index (κ3) is 17.6. The normalized spacial score (nSPS) is 16.4. The third-order valence-electron chi connectivity index (χ3n) is 7.50. The minimum atomic E-state index is -0.795. The molecule has 5 amide bonds. The van der Waals surface area contributed by atoms with Crippen molar-refractivity contribution in [1.82, 2.24) is 20.9 Å². The van der Waals surface area contributed by atoms with Crippen molar-refractivity contribution in [1.29, 1.82) is 0 Å². The predicted molar refractivity (Wildman–Crippen MR) is 179 cm³/mol. The third-order valence-corrected chi connectivity index (χ3v) is 8.71. The number of carbonyl (C=O) groups is 6. The van der Waals surface area contributed by atoms with E-state index in [0.717, 1.165) is 4.90 Å². The zero-order valence-corrected chi connectivity index (χ0v) is 30.3. The molecule has 16 heteroatoms. The number of rotatable bonds is 25. The van der Waals surface area contributed by atoms with Crippen LogP contribution in [0.5, 0.6) is 0 Å². The molecule has 0 aromatic carbocycles. The summed E-state index contributed by atoms with van der Waals surface area (Å²) in [6.45, 7) is 9.49. The molecule has 0 bridgehead atoms. The van der Waals surface area contributed by atoms with Crippen molar-refractivity contribution in [3.63, 3.8) is 0 Å². The molecule has 0 aromatic rings. The molecule has 276 valence electrons. The average molecular weight is 705 g/mol. The first-order chi connectivity index (χ1) is 22.6. The largest absolute Gasteiger partial charge is 0.460 e. The summed E-state index contributed by atoms with van der Waals surface area (Å²) in [6.07, 6.45) is 0.500. The maximum atomic E-state index is 12.8. The number of aliphatic hydroxyl groups excluding tert-OH is 1. The van der Waals surface area contributed by atoms with Gasteiger partial charge in [-0.25, -0.2) is 0 Å². The van der Waals surface area contributed by atoms with Crippen molar-refractivity contribution in [2.24, 2.45) is 0 Å². The van der Waals surface area contributed by atoms with Gasteiger partial charge >= 0.3 is 5.97 Å². The molecule has 1 saturated heterocycles. The van der Waals surface area contributed by atoms with Gasteiger partial charge in [0.1, 0.15) is 6.61 Å². The van der Waals surface area contributed by atoms with Crippen LogP contribution in [-0.4, -0.2) is 127 Å². The van der Waals surface area contributed by atoms with Gasteiger partial charge in [-0.3, -0.25) is 33.7 Å². The molecule has 3 atom stereocenters. The molecule has 15 nitrogen and oxygen atoms in total. The first-order valence-corrected chi connectivity index (χ1v) is 17.4. The molecule has 1 fully saturated rings. The highest BCUT2D eigenvalue weighted by Gasteiger charge is 2.38. The Balaban J connectivity index is 2.29. The fourth-order valence-electron chi connectivity index (χ4n) is 4.59. The second-order valence-electron chi connectivity index (χ2n) is 12.7. The Hall–Kier alpha value is -2.79. The number of nitrogens with one attached hydrogen (secondary N) is 3. The van der Waals surface area contributed by atoms with Crippen molar-refractivity contribution in [2.45, 2.75) is 115 Å². The molecule has 0 radical (unpaired) electrons. The van der Waals surface area contributed by atoms with E-state index in [-0.39, 0.29) is 94.4 Å². The van der Waals surface area contributed by atoms with Crippen LogP contribution in [0.4, 0.5) is 0 Å². The van der Waals surface area contributed by atoms with Crippen LogP contribution < -0.4 is 16.0 Å². The Morgan fingerprint density at radius 1 is 1.06 bits per heavy atom. The van der Waals surface area contributed by atoms with E-state index in [1.54, 1.807) is 7.05 Å². The Bertz CT molecular complexity index is 1070. The van der Waals surface area contributed by atoms with E-state index < -0.39 is 34.8 Å². The van der Waals surface area contributed by atoms with E-state index in [1.165, 1.54) is 18.9 Å². The van der Waals surface area contributed by atoms with Gasteiger partial charge in [-0.1, -0.05) is 6.92 Å². The summed E-state index contributed by atoms with van der Waals surface area (Å²) in [5.41, 5.74) is -1.25. The first-order valence-electron chi connectivity index (χ1n) is 16.4. The molecule has 1 aliphatic rings. The highest BCUT2D eigenvalue weighted by Crippen LogP contribution is 2.25. The summed E-state index contributed by atoms with van der Waals surface area (Å²) in [6, 6.07) is 0. The SMILES string of the molecule is CCC(CO)OC(COC(=O)CCCC(=O)NCCSC1CC(=O)N(CCC(=O)NC(C)(C)CCOC(C)(C)CC(=O)NC)C1=O)OC. The second kappa shape index (κ2) is 22.0. The van der Waals surface area contributed by atoms with Gasteiger partial charge in [0.05, 0.1) is 30.0 Å². The zero-order chi connectivity index (χ0) is 36.3. The minimum Gasteiger partial charge on any atom is -0.460 e. The number of imide groups is 1. The molecule has 0 spiro atoms. The van der Waals surface area contributed by atoms with Crippen LogP contribution in [0.1, 0.15) is 86.0 Å². The fourth-order valence-corrected chi connectivity index (χ4v) is 5.63. The molecule has 1 rings (SSSR count). The molecule has 0 saturated carbocycles. The monoisotopic (exact) mass is 704 g/mol. The number of ether oxygens (including phenoxy) is 4. The highest BCUT2D eigenvalue weighted by atomic mass is 32.2. The van der Waals surface area contributed by atoms with Crippen LogP contribution in [0.3, 0.4) is 0 Å². The van der Waals surface area contributed by atoms with Crippen molar-refractivity contribution in [3.05, 3.63) is 0 Å². The lowest BCUT2D eigenvalue weighted by Crippen LogP contribution is -2.46. The molecular weight excluding hydrogens is 648 g/mol. The lowest BCUT2D eigenvalue weighted by atomic mass is 10.00. The number of carbonyl (C=O) groups excluding carboxylic acids is 6. The average Bonchev–Trinajstić information content (AvgIpc) is 3.28. The number of hydrogen-bond donors (Lipinski definition) is 4. The zero-order valence-electron chi connectivity index (χ0n) is 29.5. The van der Waals surface area contributed by atoms with Crippen LogP contribution in [0.15, 0.2) is 0 Å². The Morgan fingerprint density at radius 3 is 2.40 bits per heavy atom. The molecule has 0 aromatic heterocycles. The molecule has 48 heavy (non-hydrogen) atoms. The van der Waals surface area contributed by atoms with E-state index in [1.807, 2.05) is 34.6 Å². The van der Waals surface area contributed by atoms with Gasteiger partial charge in [0, 0.05) is 70.8 Å². The molecule has 4 N–H and O–H groups in total. The van der Waals surface area contributed by atoms with Crippen LogP contribution in [0, 0.1) is 0 Å². The Morgan fingerprint density at radius 2 is 1.77 bits per heavy atom. The summed E-state index contributed by atoms with van der Waals surface area (Å²) in [5, 5.41) is 16.9. The number of amides is 5. The molecule has 1 heterocycles. The van der Waals surface area contributed by atoms with Gasteiger partial charge in [-0.2, -0.15) is 0 Å². The smallest absolute Gasteiger partial charge is 0.305 e. The van der Waals surface area contributed by atoms with Crippen LogP contribution in [-0.2, 0) is 47.7 Å². The lowest BCUT2D eigenvalue weighted by molar-refractivity contribution is -0.194.